The number of aliphatic hydroxyl groups excluding tert-OH is 2. The highest BCUT2D eigenvalue weighted by Gasteiger charge is 2.46. The van der Waals surface area contributed by atoms with Crippen LogP contribution in [-0.4, -0.2) is 132 Å². The lowest BCUT2D eigenvalue weighted by Crippen LogP contribution is -2.47. The molecule has 53 heavy (non-hydrogen) atoms. The molecule has 0 spiro atoms. The molecule has 2 aromatic rings. The number of ether oxygens (including phenoxy) is 3. The first-order chi connectivity index (χ1) is 24.8. The second kappa shape index (κ2) is 22.9. The number of hydrogen-bond acceptors (Lipinski definition) is 12. The van der Waals surface area contributed by atoms with Crippen molar-refractivity contribution in [3.05, 3.63) is 52.2 Å². The van der Waals surface area contributed by atoms with Crippen LogP contribution in [0.4, 0.5) is 0 Å². The Labute approximate surface area is 314 Å². The van der Waals surface area contributed by atoms with E-state index in [-0.39, 0.29) is 30.8 Å². The average molecular weight is 749 g/mol. The molecular weight excluding hydrogens is 684 g/mol. The number of aryl methyl sites for hydroxylation is 1. The van der Waals surface area contributed by atoms with Crippen molar-refractivity contribution in [1.29, 1.82) is 0 Å². The van der Waals surface area contributed by atoms with Crippen LogP contribution >= 0.6 is 0 Å². The number of likely N-dealkylation sites (tertiary alicyclic amines) is 1. The zero-order valence-corrected chi connectivity index (χ0v) is 32.3. The topological polar surface area (TPSA) is 209 Å². The molecule has 0 aliphatic carbocycles. The average Bonchev–Trinajstić information content (AvgIpc) is 3.49. The number of cyclic esters (lactones) is 1. The maximum absolute atomic E-state index is 12.7. The van der Waals surface area contributed by atoms with E-state index >= 15 is 0 Å². The zero-order valence-electron chi connectivity index (χ0n) is 32.3. The van der Waals surface area contributed by atoms with Crippen molar-refractivity contribution in [3.8, 4) is 5.75 Å². The summed E-state index contributed by atoms with van der Waals surface area (Å²) >= 11 is 0. The SMILES string of the molecule is C1CCN(C2CCNCC2)CC1.CCCOCCO.CCc1c2c(nc3ccc(OO)cc13)/C(=C/C1=C(CO)COC(=O)[C@@]1(CC)OC)N(C)C2.O.O. The Morgan fingerprint density at radius 1 is 1.08 bits per heavy atom. The van der Waals surface area contributed by atoms with Crippen molar-refractivity contribution in [1.82, 2.24) is 20.1 Å². The van der Waals surface area contributed by atoms with E-state index in [0.717, 1.165) is 58.9 Å². The third-order valence-electron chi connectivity index (χ3n) is 10.3. The molecule has 2 saturated heterocycles. The summed E-state index contributed by atoms with van der Waals surface area (Å²) in [5, 5.41) is 31.6. The van der Waals surface area contributed by atoms with Crippen LogP contribution in [0.5, 0.6) is 5.75 Å². The van der Waals surface area contributed by atoms with Gasteiger partial charge in [-0.15, -0.1) is 0 Å². The van der Waals surface area contributed by atoms with E-state index in [1.54, 1.807) is 12.1 Å². The number of benzene rings is 1. The number of nitrogens with one attached hydrogen (secondary N) is 1. The summed E-state index contributed by atoms with van der Waals surface area (Å²) in [7, 11) is 3.46. The quantitative estimate of drug-likeness (QED) is 0.113. The molecule has 1 aromatic heterocycles. The van der Waals surface area contributed by atoms with Crippen molar-refractivity contribution in [2.45, 2.75) is 90.3 Å². The van der Waals surface area contributed by atoms with E-state index in [9.17, 15) is 9.90 Å². The van der Waals surface area contributed by atoms with Crippen LogP contribution in [0.25, 0.3) is 16.6 Å². The molecule has 4 aliphatic heterocycles. The lowest BCUT2D eigenvalue weighted by atomic mass is 9.84. The minimum absolute atomic E-state index is 0. The Morgan fingerprint density at radius 2 is 1.79 bits per heavy atom. The summed E-state index contributed by atoms with van der Waals surface area (Å²) in [5.41, 5.74) is 4.66. The molecule has 1 atom stereocenters. The number of aromatic nitrogens is 1. The first-order valence-electron chi connectivity index (χ1n) is 18.7. The van der Waals surface area contributed by atoms with Crippen LogP contribution in [0.2, 0.25) is 0 Å². The van der Waals surface area contributed by atoms with Gasteiger partial charge in [-0.05, 0) is 107 Å². The molecule has 0 unspecified atom stereocenters. The number of methoxy groups -OCH3 is 1. The minimum atomic E-state index is -1.27. The van der Waals surface area contributed by atoms with E-state index in [1.807, 2.05) is 33.0 Å². The van der Waals surface area contributed by atoms with Gasteiger partial charge in [-0.1, -0.05) is 27.2 Å². The van der Waals surface area contributed by atoms with Gasteiger partial charge in [0.05, 0.1) is 36.7 Å². The number of aliphatic hydroxyl groups is 2. The summed E-state index contributed by atoms with van der Waals surface area (Å²) in [6, 6.07) is 6.18. The van der Waals surface area contributed by atoms with Crippen LogP contribution in [0.1, 0.15) is 82.5 Å². The Balaban J connectivity index is 0.000000381. The van der Waals surface area contributed by atoms with Crippen LogP contribution in [0.3, 0.4) is 0 Å². The van der Waals surface area contributed by atoms with Crippen molar-refractivity contribution < 1.29 is 50.3 Å². The fourth-order valence-corrected chi connectivity index (χ4v) is 7.54. The molecule has 0 amide bonds. The number of nitrogens with zero attached hydrogens (tertiary/aromatic N) is 3. The van der Waals surface area contributed by atoms with Crippen molar-refractivity contribution in [3.63, 3.8) is 0 Å². The van der Waals surface area contributed by atoms with Gasteiger partial charge in [0.2, 0.25) is 0 Å². The number of carbonyl (C=O) groups is 1. The van der Waals surface area contributed by atoms with Gasteiger partial charge in [-0.2, -0.15) is 0 Å². The summed E-state index contributed by atoms with van der Waals surface area (Å²) in [5.74, 6) is -0.0907. The van der Waals surface area contributed by atoms with Crippen molar-refractivity contribution in [2.24, 2.45) is 0 Å². The normalized spacial score (nSPS) is 21.1. The molecule has 0 radical (unpaired) electrons. The molecule has 14 heteroatoms. The molecule has 0 bridgehead atoms. The molecule has 8 N–H and O–H groups in total. The second-order valence-electron chi connectivity index (χ2n) is 13.5. The molecule has 6 rings (SSSR count). The Morgan fingerprint density at radius 3 is 2.38 bits per heavy atom. The molecule has 0 saturated carbocycles. The molecule has 4 aliphatic rings. The van der Waals surface area contributed by atoms with E-state index < -0.39 is 11.6 Å². The smallest absolute Gasteiger partial charge is 0.343 e. The standard InChI is InChI=1S/C24H28N2O6.C10H20N2.C5H12O2.2H2O/c1-5-16-17-9-15(32-29)7-8-20(17)25-22-18(16)11-26(3)21(22)10-19-14(12-27)13-31-23(28)24(19,6-2)30-4;1-2-8-12(9-3-1)10-4-6-11-7-5-10;1-2-4-7-5-3-6;;/h7-10,27,29H,5-6,11-13H2,1-4H3;10-11H,1-9H2;6H,2-5H2,1H3;2*1H2/b21-10-;;;;/t24-;;;;/m0..../s1. The fourth-order valence-electron chi connectivity index (χ4n) is 7.54. The second-order valence-corrected chi connectivity index (χ2v) is 13.5. The maximum Gasteiger partial charge on any atom is 0.343 e. The summed E-state index contributed by atoms with van der Waals surface area (Å²) < 4.78 is 15.9. The van der Waals surface area contributed by atoms with Gasteiger partial charge in [-0.25, -0.2) is 15.0 Å². The molecule has 1 aromatic carbocycles. The third-order valence-corrected chi connectivity index (χ3v) is 10.3. The molecule has 2 fully saturated rings. The number of hydrogen-bond donors (Lipinski definition) is 4. The number of esters is 1. The molecule has 5 heterocycles. The van der Waals surface area contributed by atoms with Crippen molar-refractivity contribution >= 4 is 22.6 Å². The van der Waals surface area contributed by atoms with Crippen LogP contribution in [-0.2, 0) is 32.0 Å². The van der Waals surface area contributed by atoms with Gasteiger partial charge in [-0.3, -0.25) is 0 Å². The number of piperidine rings is 2. The van der Waals surface area contributed by atoms with Crippen molar-refractivity contribution in [2.75, 3.05) is 73.4 Å². The zero-order chi connectivity index (χ0) is 36.8. The van der Waals surface area contributed by atoms with Crippen LogP contribution in [0, 0.1) is 0 Å². The predicted octanol–water partition coefficient (Wildman–Crippen LogP) is 3.06. The Kier molecular flexibility index (Phi) is 19.9. The fraction of sp³-hybridized carbons (Fsp3) is 0.641. The summed E-state index contributed by atoms with van der Waals surface area (Å²) in [6.45, 7) is 13.0. The Hall–Kier alpha value is -3.18. The van der Waals surface area contributed by atoms with E-state index in [0.29, 0.717) is 36.5 Å². The third kappa shape index (κ3) is 11.0. The number of carbonyl (C=O) groups excluding carboxylic acids is 1. The van der Waals surface area contributed by atoms with Gasteiger partial charge >= 0.3 is 5.97 Å². The van der Waals surface area contributed by atoms with Gasteiger partial charge in [0.15, 0.2) is 11.4 Å². The van der Waals surface area contributed by atoms with E-state index in [2.05, 4.69) is 26.9 Å². The minimum Gasteiger partial charge on any atom is -0.459 e. The molecular formula is C39H64N4O10. The lowest BCUT2D eigenvalue weighted by Gasteiger charge is -2.36. The molecule has 14 nitrogen and oxygen atoms in total. The summed E-state index contributed by atoms with van der Waals surface area (Å²) in [6.07, 6.45) is 11.2. The van der Waals surface area contributed by atoms with Crippen LogP contribution in [0.15, 0.2) is 35.4 Å². The van der Waals surface area contributed by atoms with Gasteiger partial charge < -0.3 is 55.4 Å². The van der Waals surface area contributed by atoms with Crippen LogP contribution < -0.4 is 10.2 Å². The predicted molar refractivity (Wildman–Crippen MR) is 206 cm³/mol. The lowest BCUT2D eigenvalue weighted by molar-refractivity contribution is -0.166. The number of pyridine rings is 1. The highest BCUT2D eigenvalue weighted by atomic mass is 17.1. The van der Waals surface area contributed by atoms with E-state index in [1.165, 1.54) is 65.4 Å². The maximum atomic E-state index is 12.7. The first kappa shape index (κ1) is 46.0. The highest BCUT2D eigenvalue weighted by molar-refractivity contribution is 5.91. The van der Waals surface area contributed by atoms with E-state index in [4.69, 9.17) is 29.6 Å². The number of rotatable bonds is 11. The highest BCUT2D eigenvalue weighted by Crippen LogP contribution is 2.41. The Bertz CT molecular complexity index is 1460. The number of fused-ring (bicyclic) bond motifs is 2. The van der Waals surface area contributed by atoms with Gasteiger partial charge in [0, 0.05) is 49.9 Å². The first-order valence-corrected chi connectivity index (χ1v) is 18.7. The van der Waals surface area contributed by atoms with Gasteiger partial charge in [0.1, 0.15) is 6.61 Å². The summed E-state index contributed by atoms with van der Waals surface area (Å²) in [4.78, 5) is 26.9. The van der Waals surface area contributed by atoms with Gasteiger partial charge in [0.25, 0.3) is 0 Å². The monoisotopic (exact) mass is 748 g/mol. The largest absolute Gasteiger partial charge is 0.459 e. The molecule has 300 valence electrons.